The van der Waals surface area contributed by atoms with Gasteiger partial charge in [0, 0.05) is 12.0 Å². The van der Waals surface area contributed by atoms with Gasteiger partial charge >= 0.3 is 6.09 Å². The molecule has 0 heterocycles. The summed E-state index contributed by atoms with van der Waals surface area (Å²) >= 11 is 0. The van der Waals surface area contributed by atoms with Crippen molar-refractivity contribution >= 4 is 6.09 Å². The molecule has 1 fully saturated rings. The topological polar surface area (TPSA) is 38.3 Å². The molecule has 0 aromatic carbocycles. The van der Waals surface area contributed by atoms with Crippen LogP contribution in [0.3, 0.4) is 0 Å². The summed E-state index contributed by atoms with van der Waals surface area (Å²) in [5.74, 6) is -0.155. The number of amides is 1. The first-order valence-electron chi connectivity index (χ1n) is 6.25. The Bertz CT molecular complexity index is 201. The monoisotopic (exact) mass is 231 g/mol. The summed E-state index contributed by atoms with van der Waals surface area (Å²) in [6, 6.07) is 0.256. The summed E-state index contributed by atoms with van der Waals surface area (Å²) in [6.07, 6.45) is 5.99. The van der Waals surface area contributed by atoms with Gasteiger partial charge in [0.05, 0.1) is 13.3 Å². The van der Waals surface area contributed by atoms with Crippen molar-refractivity contribution in [1.82, 2.24) is 5.32 Å². The lowest BCUT2D eigenvalue weighted by molar-refractivity contribution is 0.113. The quantitative estimate of drug-likeness (QED) is 0.789. The summed E-state index contributed by atoms with van der Waals surface area (Å²) in [7, 11) is 0. The van der Waals surface area contributed by atoms with Crippen molar-refractivity contribution in [2.75, 3.05) is 13.3 Å². The minimum Gasteiger partial charge on any atom is -0.449 e. The number of alkyl carbamates (subject to hydrolysis) is 1. The highest BCUT2D eigenvalue weighted by Gasteiger charge is 2.17. The molecule has 1 N–H and O–H groups in total. The van der Waals surface area contributed by atoms with E-state index < -0.39 is 6.67 Å². The number of halogens is 1. The maximum atomic E-state index is 12.4. The fraction of sp³-hybridized carbons (Fsp3) is 0.917. The number of carbonyl (C=O) groups excluding carboxylic acids is 1. The van der Waals surface area contributed by atoms with E-state index in [1.165, 1.54) is 19.3 Å². The predicted octanol–water partition coefficient (Wildman–Crippen LogP) is 3.04. The normalized spacial score (nSPS) is 19.1. The maximum Gasteiger partial charge on any atom is 0.407 e. The Balaban J connectivity index is 2.14. The summed E-state index contributed by atoms with van der Waals surface area (Å²) in [4.78, 5) is 11.4. The van der Waals surface area contributed by atoms with E-state index >= 15 is 0 Å². The standard InChI is InChI=1S/C12H22FNO2/c1-2-10(8-13)9-16-12(15)14-11-6-4-3-5-7-11/h10-11H,2-9H2,1H3,(H,14,15). The van der Waals surface area contributed by atoms with Crippen molar-refractivity contribution in [3.63, 3.8) is 0 Å². The van der Waals surface area contributed by atoms with Gasteiger partial charge < -0.3 is 10.1 Å². The van der Waals surface area contributed by atoms with Crippen LogP contribution in [-0.2, 0) is 4.74 Å². The van der Waals surface area contributed by atoms with E-state index in [1.54, 1.807) is 0 Å². The van der Waals surface area contributed by atoms with Crippen LogP contribution in [0.25, 0.3) is 0 Å². The Labute approximate surface area is 96.7 Å². The lowest BCUT2D eigenvalue weighted by atomic mass is 9.96. The zero-order valence-electron chi connectivity index (χ0n) is 10.0. The number of hydrogen-bond donors (Lipinski definition) is 1. The van der Waals surface area contributed by atoms with E-state index in [9.17, 15) is 9.18 Å². The molecule has 0 spiro atoms. The highest BCUT2D eigenvalue weighted by molar-refractivity contribution is 5.67. The lowest BCUT2D eigenvalue weighted by Gasteiger charge is -2.22. The van der Waals surface area contributed by atoms with E-state index in [2.05, 4.69) is 5.32 Å². The molecule has 4 heteroatoms. The third kappa shape index (κ3) is 4.81. The van der Waals surface area contributed by atoms with Crippen LogP contribution in [0, 0.1) is 5.92 Å². The molecule has 0 aromatic heterocycles. The Morgan fingerprint density at radius 1 is 1.44 bits per heavy atom. The highest BCUT2D eigenvalue weighted by Crippen LogP contribution is 2.17. The van der Waals surface area contributed by atoms with Crippen LogP contribution in [0.5, 0.6) is 0 Å². The molecular formula is C12H22FNO2. The number of rotatable bonds is 5. The average Bonchev–Trinajstić information content (AvgIpc) is 2.31. The molecule has 3 nitrogen and oxygen atoms in total. The van der Waals surface area contributed by atoms with Gasteiger partial charge in [-0.15, -0.1) is 0 Å². The Hall–Kier alpha value is -0.800. The number of hydrogen-bond acceptors (Lipinski definition) is 2. The molecule has 1 atom stereocenters. The van der Waals surface area contributed by atoms with Crippen molar-refractivity contribution in [3.05, 3.63) is 0 Å². The zero-order valence-corrected chi connectivity index (χ0v) is 10.0. The molecule has 0 bridgehead atoms. The molecule has 0 radical (unpaired) electrons. The van der Waals surface area contributed by atoms with E-state index in [4.69, 9.17) is 4.74 Å². The van der Waals surface area contributed by atoms with Crippen LogP contribution in [0.1, 0.15) is 45.4 Å². The second-order valence-electron chi connectivity index (χ2n) is 4.51. The van der Waals surface area contributed by atoms with Gasteiger partial charge in [0.2, 0.25) is 0 Å². The fourth-order valence-corrected chi connectivity index (χ4v) is 1.92. The van der Waals surface area contributed by atoms with Crippen molar-refractivity contribution in [2.24, 2.45) is 5.92 Å². The van der Waals surface area contributed by atoms with E-state index in [1.807, 2.05) is 6.92 Å². The van der Waals surface area contributed by atoms with Gasteiger partial charge in [0.15, 0.2) is 0 Å². The largest absolute Gasteiger partial charge is 0.449 e. The van der Waals surface area contributed by atoms with Crippen LogP contribution in [-0.4, -0.2) is 25.4 Å². The SMILES string of the molecule is CCC(CF)COC(=O)NC1CCCCC1. The van der Waals surface area contributed by atoms with Crippen molar-refractivity contribution in [3.8, 4) is 0 Å². The molecule has 1 rings (SSSR count). The van der Waals surface area contributed by atoms with Gasteiger partial charge in [-0.25, -0.2) is 4.79 Å². The van der Waals surface area contributed by atoms with Crippen LogP contribution >= 0.6 is 0 Å². The predicted molar refractivity (Wildman–Crippen MR) is 61.1 cm³/mol. The molecule has 1 unspecified atom stereocenters. The lowest BCUT2D eigenvalue weighted by Crippen LogP contribution is -2.37. The Morgan fingerprint density at radius 2 is 2.12 bits per heavy atom. The maximum absolute atomic E-state index is 12.4. The number of nitrogens with one attached hydrogen (secondary N) is 1. The molecule has 1 aliphatic rings. The van der Waals surface area contributed by atoms with Gasteiger partial charge in [-0.3, -0.25) is 4.39 Å². The molecule has 1 saturated carbocycles. The second-order valence-corrected chi connectivity index (χ2v) is 4.51. The van der Waals surface area contributed by atoms with Gasteiger partial charge in [-0.05, 0) is 19.3 Å². The number of alkyl halides is 1. The second kappa shape index (κ2) is 7.47. The number of carbonyl (C=O) groups is 1. The van der Waals surface area contributed by atoms with E-state index in [0.717, 1.165) is 12.8 Å². The molecule has 1 aliphatic carbocycles. The van der Waals surface area contributed by atoms with Crippen molar-refractivity contribution < 1.29 is 13.9 Å². The minimum absolute atomic E-state index is 0.155. The van der Waals surface area contributed by atoms with Crippen LogP contribution in [0.2, 0.25) is 0 Å². The summed E-state index contributed by atoms with van der Waals surface area (Å²) in [6.45, 7) is 1.66. The fourth-order valence-electron chi connectivity index (χ4n) is 1.92. The van der Waals surface area contributed by atoms with E-state index in [-0.39, 0.29) is 24.7 Å². The number of ether oxygens (including phenoxy) is 1. The minimum atomic E-state index is -0.423. The first-order chi connectivity index (χ1) is 7.76. The molecule has 0 saturated heterocycles. The molecule has 16 heavy (non-hydrogen) atoms. The van der Waals surface area contributed by atoms with Crippen molar-refractivity contribution in [2.45, 2.75) is 51.5 Å². The molecule has 94 valence electrons. The zero-order chi connectivity index (χ0) is 11.8. The molecule has 0 aromatic rings. The van der Waals surface area contributed by atoms with Gasteiger partial charge in [0.1, 0.15) is 0 Å². The molecular weight excluding hydrogens is 209 g/mol. The van der Waals surface area contributed by atoms with Gasteiger partial charge in [-0.1, -0.05) is 26.2 Å². The highest BCUT2D eigenvalue weighted by atomic mass is 19.1. The first kappa shape index (κ1) is 13.3. The smallest absolute Gasteiger partial charge is 0.407 e. The van der Waals surface area contributed by atoms with Crippen molar-refractivity contribution in [1.29, 1.82) is 0 Å². The summed E-state index contributed by atoms with van der Waals surface area (Å²) in [5.41, 5.74) is 0. The van der Waals surface area contributed by atoms with Crippen LogP contribution in [0.4, 0.5) is 9.18 Å². The molecule has 0 aliphatic heterocycles. The third-order valence-electron chi connectivity index (χ3n) is 3.17. The Morgan fingerprint density at radius 3 is 2.69 bits per heavy atom. The van der Waals surface area contributed by atoms with Crippen LogP contribution in [0.15, 0.2) is 0 Å². The summed E-state index contributed by atoms with van der Waals surface area (Å²) in [5, 5.41) is 2.84. The average molecular weight is 231 g/mol. The summed E-state index contributed by atoms with van der Waals surface area (Å²) < 4.78 is 17.4. The van der Waals surface area contributed by atoms with Gasteiger partial charge in [0.25, 0.3) is 0 Å². The molecule has 1 amide bonds. The first-order valence-corrected chi connectivity index (χ1v) is 6.25. The van der Waals surface area contributed by atoms with Crippen LogP contribution < -0.4 is 5.32 Å². The van der Waals surface area contributed by atoms with Gasteiger partial charge in [-0.2, -0.15) is 0 Å². The van der Waals surface area contributed by atoms with E-state index in [0.29, 0.717) is 6.42 Å². The third-order valence-corrected chi connectivity index (χ3v) is 3.17. The Kier molecular flexibility index (Phi) is 6.19.